The molecule has 146 valence electrons. The quantitative estimate of drug-likeness (QED) is 0.424. The van der Waals surface area contributed by atoms with Crippen LogP contribution in [-0.2, 0) is 13.0 Å². The SMILES string of the molecule is CCCCc1ccc(NC(=S)Nc2cnn(Cc3ccc(Cl)c(Cl)c3)c2)cc1. The number of hydrogen-bond donors (Lipinski definition) is 2. The van der Waals surface area contributed by atoms with Crippen LogP contribution in [0, 0.1) is 0 Å². The zero-order valence-corrected chi connectivity index (χ0v) is 17.9. The Balaban J connectivity index is 1.54. The van der Waals surface area contributed by atoms with Gasteiger partial charge in [0.15, 0.2) is 5.11 Å². The fourth-order valence-electron chi connectivity index (χ4n) is 2.77. The highest BCUT2D eigenvalue weighted by Gasteiger charge is 2.05. The largest absolute Gasteiger partial charge is 0.332 e. The van der Waals surface area contributed by atoms with Gasteiger partial charge in [0.1, 0.15) is 0 Å². The smallest absolute Gasteiger partial charge is 0.175 e. The van der Waals surface area contributed by atoms with Crippen LogP contribution in [0.25, 0.3) is 0 Å². The van der Waals surface area contributed by atoms with Crippen LogP contribution < -0.4 is 10.6 Å². The van der Waals surface area contributed by atoms with Crippen LogP contribution in [-0.4, -0.2) is 14.9 Å². The Morgan fingerprint density at radius 2 is 1.71 bits per heavy atom. The van der Waals surface area contributed by atoms with Crippen LogP contribution in [0.3, 0.4) is 0 Å². The lowest BCUT2D eigenvalue weighted by Gasteiger charge is -2.09. The molecule has 2 aromatic carbocycles. The van der Waals surface area contributed by atoms with Crippen molar-refractivity contribution in [3.63, 3.8) is 0 Å². The molecule has 1 heterocycles. The molecule has 0 aliphatic heterocycles. The zero-order chi connectivity index (χ0) is 19.9. The van der Waals surface area contributed by atoms with E-state index in [0.717, 1.165) is 23.4 Å². The lowest BCUT2D eigenvalue weighted by atomic mass is 10.1. The summed E-state index contributed by atoms with van der Waals surface area (Å²) in [6, 6.07) is 13.9. The second-order valence-corrected chi connectivity index (χ2v) is 7.78. The molecule has 0 fully saturated rings. The summed E-state index contributed by atoms with van der Waals surface area (Å²) in [5.41, 5.74) is 4.14. The van der Waals surface area contributed by atoms with Crippen LogP contribution >= 0.6 is 35.4 Å². The number of halogens is 2. The molecule has 1 aromatic heterocycles. The third-order valence-corrected chi connectivity index (χ3v) is 5.19. The summed E-state index contributed by atoms with van der Waals surface area (Å²) in [6.45, 7) is 2.80. The number of aryl methyl sites for hydroxylation is 1. The van der Waals surface area contributed by atoms with Gasteiger partial charge in [-0.1, -0.05) is 54.7 Å². The van der Waals surface area contributed by atoms with Gasteiger partial charge in [-0.2, -0.15) is 5.10 Å². The number of unbranched alkanes of at least 4 members (excludes halogenated alkanes) is 1. The van der Waals surface area contributed by atoms with Crippen molar-refractivity contribution in [3.8, 4) is 0 Å². The first-order chi connectivity index (χ1) is 13.5. The Labute approximate surface area is 180 Å². The van der Waals surface area contributed by atoms with Crippen LogP contribution in [0.2, 0.25) is 10.0 Å². The van der Waals surface area contributed by atoms with E-state index in [-0.39, 0.29) is 0 Å². The minimum Gasteiger partial charge on any atom is -0.332 e. The van der Waals surface area contributed by atoms with Crippen LogP contribution in [0.1, 0.15) is 30.9 Å². The number of nitrogens with one attached hydrogen (secondary N) is 2. The molecular weight excluding hydrogens is 411 g/mol. The van der Waals surface area contributed by atoms with Gasteiger partial charge in [0.25, 0.3) is 0 Å². The second kappa shape index (κ2) is 9.92. The van der Waals surface area contributed by atoms with Crippen molar-refractivity contribution >= 4 is 51.9 Å². The highest BCUT2D eigenvalue weighted by atomic mass is 35.5. The van der Waals surface area contributed by atoms with Gasteiger partial charge in [0, 0.05) is 11.9 Å². The minimum atomic E-state index is 0.524. The van der Waals surface area contributed by atoms with E-state index >= 15 is 0 Å². The Kier molecular flexibility index (Phi) is 7.31. The first kappa shape index (κ1) is 20.6. The van der Waals surface area contributed by atoms with Gasteiger partial charge in [-0.3, -0.25) is 4.68 Å². The van der Waals surface area contributed by atoms with Crippen molar-refractivity contribution in [3.05, 3.63) is 76.0 Å². The summed E-state index contributed by atoms with van der Waals surface area (Å²) in [4.78, 5) is 0. The molecule has 0 saturated heterocycles. The molecule has 0 atom stereocenters. The topological polar surface area (TPSA) is 41.9 Å². The summed E-state index contributed by atoms with van der Waals surface area (Å²) in [6.07, 6.45) is 7.15. The van der Waals surface area contributed by atoms with E-state index in [2.05, 4.69) is 34.8 Å². The number of benzene rings is 2. The van der Waals surface area contributed by atoms with Crippen molar-refractivity contribution < 1.29 is 0 Å². The van der Waals surface area contributed by atoms with E-state index in [1.54, 1.807) is 12.3 Å². The molecule has 2 N–H and O–H groups in total. The summed E-state index contributed by atoms with van der Waals surface area (Å²) >= 11 is 17.4. The molecule has 7 heteroatoms. The molecule has 0 unspecified atom stereocenters. The third-order valence-electron chi connectivity index (χ3n) is 4.25. The number of rotatable bonds is 7. The van der Waals surface area contributed by atoms with Crippen LogP contribution in [0.15, 0.2) is 54.9 Å². The van der Waals surface area contributed by atoms with Gasteiger partial charge >= 0.3 is 0 Å². The lowest BCUT2D eigenvalue weighted by molar-refractivity contribution is 0.687. The number of thiocarbonyl (C=S) groups is 1. The van der Waals surface area contributed by atoms with Crippen LogP contribution in [0.5, 0.6) is 0 Å². The number of anilines is 2. The summed E-state index contributed by atoms with van der Waals surface area (Å²) in [7, 11) is 0. The number of hydrogen-bond acceptors (Lipinski definition) is 2. The highest BCUT2D eigenvalue weighted by Crippen LogP contribution is 2.23. The number of nitrogens with zero attached hydrogens (tertiary/aromatic N) is 2. The van der Waals surface area contributed by atoms with Crippen molar-refractivity contribution in [1.82, 2.24) is 9.78 Å². The van der Waals surface area contributed by atoms with Crippen LogP contribution in [0.4, 0.5) is 11.4 Å². The van der Waals surface area contributed by atoms with Gasteiger partial charge in [0.05, 0.1) is 28.5 Å². The Bertz CT molecular complexity index is 938. The van der Waals surface area contributed by atoms with Gasteiger partial charge < -0.3 is 10.6 Å². The summed E-state index contributed by atoms with van der Waals surface area (Å²) < 4.78 is 1.81. The maximum Gasteiger partial charge on any atom is 0.175 e. The molecular formula is C21H22Cl2N4S. The van der Waals surface area contributed by atoms with Crippen molar-refractivity contribution in [2.75, 3.05) is 10.6 Å². The Hall–Kier alpha value is -2.08. The third kappa shape index (κ3) is 5.96. The zero-order valence-electron chi connectivity index (χ0n) is 15.6. The van der Waals surface area contributed by atoms with Gasteiger partial charge in [0.2, 0.25) is 0 Å². The fraction of sp³-hybridized carbons (Fsp3) is 0.238. The normalized spacial score (nSPS) is 10.7. The van der Waals surface area contributed by atoms with E-state index < -0.39 is 0 Å². The minimum absolute atomic E-state index is 0.524. The molecule has 0 amide bonds. The molecule has 0 saturated carbocycles. The van der Waals surface area contributed by atoms with Crippen molar-refractivity contribution in [2.24, 2.45) is 0 Å². The van der Waals surface area contributed by atoms with Crippen molar-refractivity contribution in [1.29, 1.82) is 0 Å². The molecule has 0 aliphatic rings. The molecule has 0 radical (unpaired) electrons. The predicted octanol–water partition coefficient (Wildman–Crippen LogP) is 6.39. The number of aromatic nitrogens is 2. The van der Waals surface area contributed by atoms with Gasteiger partial charge in [-0.05, 0) is 60.5 Å². The Morgan fingerprint density at radius 1 is 1.00 bits per heavy atom. The van der Waals surface area contributed by atoms with E-state index in [0.29, 0.717) is 21.7 Å². The highest BCUT2D eigenvalue weighted by molar-refractivity contribution is 7.80. The molecule has 0 spiro atoms. The molecule has 3 rings (SSSR count). The first-order valence-corrected chi connectivity index (χ1v) is 10.3. The first-order valence-electron chi connectivity index (χ1n) is 9.17. The fourth-order valence-corrected chi connectivity index (χ4v) is 3.33. The maximum absolute atomic E-state index is 6.07. The van der Waals surface area contributed by atoms with E-state index in [9.17, 15) is 0 Å². The average Bonchev–Trinajstić information content (AvgIpc) is 3.10. The van der Waals surface area contributed by atoms with E-state index in [1.807, 2.05) is 35.1 Å². The molecule has 0 aliphatic carbocycles. The van der Waals surface area contributed by atoms with Gasteiger partial charge in [-0.15, -0.1) is 0 Å². The molecule has 3 aromatic rings. The van der Waals surface area contributed by atoms with Gasteiger partial charge in [-0.25, -0.2) is 0 Å². The van der Waals surface area contributed by atoms with Crippen molar-refractivity contribution in [2.45, 2.75) is 32.7 Å². The molecule has 28 heavy (non-hydrogen) atoms. The molecule has 4 nitrogen and oxygen atoms in total. The summed E-state index contributed by atoms with van der Waals surface area (Å²) in [5.74, 6) is 0. The van der Waals surface area contributed by atoms with E-state index in [4.69, 9.17) is 35.4 Å². The lowest BCUT2D eigenvalue weighted by Crippen LogP contribution is -2.18. The second-order valence-electron chi connectivity index (χ2n) is 6.55. The maximum atomic E-state index is 6.07. The standard InChI is InChI=1S/C21H22Cl2N4S/c1-2-3-4-15-5-8-17(9-6-15)25-21(28)26-18-12-24-27(14-18)13-16-7-10-19(22)20(23)11-16/h5-12,14H,2-4,13H2,1H3,(H2,25,26,28). The van der Waals surface area contributed by atoms with E-state index in [1.165, 1.54) is 18.4 Å². The predicted molar refractivity (Wildman–Crippen MR) is 123 cm³/mol. The Morgan fingerprint density at radius 3 is 2.43 bits per heavy atom. The monoisotopic (exact) mass is 432 g/mol. The average molecular weight is 433 g/mol. The summed E-state index contributed by atoms with van der Waals surface area (Å²) in [5, 5.41) is 12.3. The molecule has 0 bridgehead atoms.